The lowest BCUT2D eigenvalue weighted by Crippen LogP contribution is -2.00. The van der Waals surface area contributed by atoms with Crippen LogP contribution in [0.25, 0.3) is 144 Å². The molecule has 0 fully saturated rings. The van der Waals surface area contributed by atoms with Gasteiger partial charge in [-0.25, -0.2) is 15.0 Å². The van der Waals surface area contributed by atoms with Crippen molar-refractivity contribution in [1.29, 1.82) is 0 Å². The van der Waals surface area contributed by atoms with Crippen molar-refractivity contribution in [2.75, 3.05) is 0 Å². The quantitative estimate of drug-likeness (QED) is 0.143. The molecule has 0 saturated carbocycles. The first kappa shape index (κ1) is 45.9. The second-order valence-electron chi connectivity index (χ2n) is 19.8. The Kier molecular flexibility index (Phi) is 11.0. The summed E-state index contributed by atoms with van der Waals surface area (Å²) in [6.07, 6.45) is 0. The number of hydrogen-bond donors (Lipinski definition) is 0. The topological polar surface area (TPSA) is 48.5 Å². The standard InChI is InChI=1S/C71H43BrClN5/c72-63-43-55(78-64-21-9-6-17-59(64)60-18-7-10-22-65(60)78)36-38-58(63)61-20-12-24-67-68(61)62-19-8-11-23-66(62)77(67)54-34-31-45(32-35-54)44-25-28-48(29-26-44)70-74-69(47-14-2-1-3-15-47)75-71(76-70)52-40-51(41-53(73)42-52)49-33-37-57-50(39-49)30-27-46-13-4-5-16-56(46)57/h1-43H. The zero-order chi connectivity index (χ0) is 51.8. The number of fused-ring (bicyclic) bond motifs is 9. The normalized spacial score (nSPS) is 11.7. The van der Waals surface area contributed by atoms with Crippen molar-refractivity contribution in [3.05, 3.63) is 270 Å². The Bertz CT molecular complexity index is 4820. The van der Waals surface area contributed by atoms with Gasteiger partial charge in [0.2, 0.25) is 0 Å². The van der Waals surface area contributed by atoms with Crippen molar-refractivity contribution in [2.45, 2.75) is 0 Å². The molecule has 12 aromatic carbocycles. The molecule has 0 spiro atoms. The van der Waals surface area contributed by atoms with E-state index in [0.29, 0.717) is 22.5 Å². The van der Waals surface area contributed by atoms with Crippen LogP contribution in [0.4, 0.5) is 0 Å². The van der Waals surface area contributed by atoms with Crippen molar-refractivity contribution in [3.63, 3.8) is 0 Å². The lowest BCUT2D eigenvalue weighted by molar-refractivity contribution is 1.07. The minimum Gasteiger partial charge on any atom is -0.309 e. The summed E-state index contributed by atoms with van der Waals surface area (Å²) in [6.45, 7) is 0. The molecule has 5 nitrogen and oxygen atoms in total. The molecule has 15 aromatic rings. The van der Waals surface area contributed by atoms with Gasteiger partial charge in [-0.2, -0.15) is 0 Å². The Morgan fingerprint density at radius 3 is 1.50 bits per heavy atom. The largest absolute Gasteiger partial charge is 0.309 e. The fraction of sp³-hybridized carbons (Fsp3) is 0. The molecule has 366 valence electrons. The maximum atomic E-state index is 6.93. The highest BCUT2D eigenvalue weighted by Gasteiger charge is 2.20. The summed E-state index contributed by atoms with van der Waals surface area (Å²) in [7, 11) is 0. The van der Waals surface area contributed by atoms with Gasteiger partial charge in [0.15, 0.2) is 17.5 Å². The third kappa shape index (κ3) is 7.79. The Morgan fingerprint density at radius 2 is 0.795 bits per heavy atom. The van der Waals surface area contributed by atoms with E-state index in [2.05, 4.69) is 243 Å². The molecule has 0 amide bonds. The van der Waals surface area contributed by atoms with Gasteiger partial charge in [0.05, 0.1) is 22.1 Å². The molecule has 0 bridgehead atoms. The fourth-order valence-corrected chi connectivity index (χ4v) is 12.4. The lowest BCUT2D eigenvalue weighted by atomic mass is 9.96. The first-order valence-corrected chi connectivity index (χ1v) is 27.2. The number of aromatic nitrogens is 5. The van der Waals surface area contributed by atoms with Crippen molar-refractivity contribution in [3.8, 4) is 78.9 Å². The van der Waals surface area contributed by atoms with E-state index in [0.717, 1.165) is 71.4 Å². The SMILES string of the molecule is Clc1cc(-c2ccc3c(ccc4ccccc43)c2)cc(-c2nc(-c3ccccc3)nc(-c3ccc(-c4ccc(-n5c6ccccc6c6c(-c7ccc(-n8c9ccccc9c9ccccc98)cc7Br)cccc65)cc4)cc3)n2)c1. The van der Waals surface area contributed by atoms with Gasteiger partial charge < -0.3 is 9.13 Å². The summed E-state index contributed by atoms with van der Waals surface area (Å²) in [6, 6.07) is 92.4. The highest BCUT2D eigenvalue weighted by atomic mass is 79.9. The zero-order valence-corrected chi connectivity index (χ0v) is 44.2. The molecule has 15 rings (SSSR count). The highest BCUT2D eigenvalue weighted by Crippen LogP contribution is 2.43. The molecule has 0 atom stereocenters. The highest BCUT2D eigenvalue weighted by molar-refractivity contribution is 9.10. The van der Waals surface area contributed by atoms with Crippen LogP contribution in [0.2, 0.25) is 5.02 Å². The molecule has 0 unspecified atom stereocenters. The summed E-state index contributed by atoms with van der Waals surface area (Å²) >= 11 is 11.0. The van der Waals surface area contributed by atoms with Crippen LogP contribution in [0.1, 0.15) is 0 Å². The third-order valence-corrected chi connectivity index (χ3v) is 16.2. The van der Waals surface area contributed by atoms with Gasteiger partial charge >= 0.3 is 0 Å². The molecule has 0 N–H and O–H groups in total. The number of rotatable bonds is 8. The summed E-state index contributed by atoms with van der Waals surface area (Å²) in [4.78, 5) is 15.2. The predicted octanol–water partition coefficient (Wildman–Crippen LogP) is 19.8. The lowest BCUT2D eigenvalue weighted by Gasteiger charge is -2.13. The summed E-state index contributed by atoms with van der Waals surface area (Å²) in [5.74, 6) is 1.72. The molecule has 7 heteroatoms. The van der Waals surface area contributed by atoms with E-state index >= 15 is 0 Å². The van der Waals surface area contributed by atoms with E-state index in [1.165, 1.54) is 59.7 Å². The van der Waals surface area contributed by atoms with Gasteiger partial charge in [0.1, 0.15) is 0 Å². The molecular formula is C71H43BrClN5. The molecule has 0 aliphatic carbocycles. The number of para-hydroxylation sites is 3. The van der Waals surface area contributed by atoms with Gasteiger partial charge in [-0.3, -0.25) is 0 Å². The predicted molar refractivity (Wildman–Crippen MR) is 329 cm³/mol. The summed E-state index contributed by atoms with van der Waals surface area (Å²) in [5.41, 5.74) is 16.0. The Balaban J connectivity index is 0.755. The third-order valence-electron chi connectivity index (χ3n) is 15.3. The molecule has 0 radical (unpaired) electrons. The molecule has 3 aromatic heterocycles. The van der Waals surface area contributed by atoms with Crippen LogP contribution in [-0.4, -0.2) is 24.1 Å². The second-order valence-corrected chi connectivity index (χ2v) is 21.1. The van der Waals surface area contributed by atoms with Gasteiger partial charge in [-0.1, -0.05) is 216 Å². The molecule has 0 saturated heterocycles. The van der Waals surface area contributed by atoms with Crippen LogP contribution in [0.15, 0.2) is 265 Å². The molecule has 3 heterocycles. The van der Waals surface area contributed by atoms with Gasteiger partial charge in [0.25, 0.3) is 0 Å². The first-order chi connectivity index (χ1) is 38.5. The van der Waals surface area contributed by atoms with E-state index in [9.17, 15) is 0 Å². The van der Waals surface area contributed by atoms with Crippen LogP contribution in [0.3, 0.4) is 0 Å². The van der Waals surface area contributed by atoms with Crippen molar-refractivity contribution < 1.29 is 0 Å². The van der Waals surface area contributed by atoms with E-state index in [1.54, 1.807) is 0 Å². The minimum absolute atomic E-state index is 0.548. The van der Waals surface area contributed by atoms with Crippen LogP contribution in [-0.2, 0) is 0 Å². The average molecular weight is 1080 g/mol. The Morgan fingerprint density at radius 1 is 0.295 bits per heavy atom. The summed E-state index contributed by atoms with van der Waals surface area (Å²) in [5, 5.41) is 10.4. The maximum Gasteiger partial charge on any atom is 0.164 e. The smallest absolute Gasteiger partial charge is 0.164 e. The van der Waals surface area contributed by atoms with E-state index in [1.807, 2.05) is 42.5 Å². The molecule has 0 aliphatic rings. The van der Waals surface area contributed by atoms with Crippen LogP contribution < -0.4 is 0 Å². The van der Waals surface area contributed by atoms with Crippen LogP contribution >= 0.6 is 27.5 Å². The molecule has 78 heavy (non-hydrogen) atoms. The maximum absolute atomic E-state index is 6.93. The van der Waals surface area contributed by atoms with Gasteiger partial charge in [-0.05, 0) is 128 Å². The molecular weight excluding hydrogens is 1040 g/mol. The second kappa shape index (κ2) is 18.7. The van der Waals surface area contributed by atoms with Crippen LogP contribution in [0.5, 0.6) is 0 Å². The number of hydrogen-bond acceptors (Lipinski definition) is 3. The average Bonchev–Trinajstić information content (AvgIpc) is 4.26. The summed E-state index contributed by atoms with van der Waals surface area (Å²) < 4.78 is 5.79. The van der Waals surface area contributed by atoms with Gasteiger partial charge in [-0.15, -0.1) is 0 Å². The number of benzene rings is 12. The molecule has 0 aliphatic heterocycles. The van der Waals surface area contributed by atoms with E-state index < -0.39 is 0 Å². The number of nitrogens with zero attached hydrogens (tertiary/aromatic N) is 5. The van der Waals surface area contributed by atoms with Crippen LogP contribution in [0, 0.1) is 0 Å². The Hall–Kier alpha value is -9.46. The van der Waals surface area contributed by atoms with Crippen molar-refractivity contribution >= 4 is 92.7 Å². The zero-order valence-electron chi connectivity index (χ0n) is 41.8. The number of halogens is 2. The Labute approximate surface area is 463 Å². The van der Waals surface area contributed by atoms with Crippen molar-refractivity contribution in [2.24, 2.45) is 0 Å². The van der Waals surface area contributed by atoms with Crippen molar-refractivity contribution in [1.82, 2.24) is 24.1 Å². The minimum atomic E-state index is 0.548. The van der Waals surface area contributed by atoms with E-state index in [-0.39, 0.29) is 0 Å². The van der Waals surface area contributed by atoms with Gasteiger partial charge in [0, 0.05) is 59.1 Å². The van der Waals surface area contributed by atoms with E-state index in [4.69, 9.17) is 26.6 Å². The fourth-order valence-electron chi connectivity index (χ4n) is 11.6. The monoisotopic (exact) mass is 1080 g/mol. The first-order valence-electron chi connectivity index (χ1n) is 26.0.